The number of ether oxygens (including phenoxy) is 1. The summed E-state index contributed by atoms with van der Waals surface area (Å²) in [6.07, 6.45) is 5.47. The zero-order chi connectivity index (χ0) is 20.9. The Bertz CT molecular complexity index is 1150. The Hall–Kier alpha value is -3.39. The third-order valence-electron chi connectivity index (χ3n) is 4.46. The summed E-state index contributed by atoms with van der Waals surface area (Å²) in [4.78, 5) is 22.0. The van der Waals surface area contributed by atoms with Crippen molar-refractivity contribution in [2.75, 3.05) is 0 Å². The van der Waals surface area contributed by atoms with Crippen molar-refractivity contribution in [3.63, 3.8) is 0 Å². The molecule has 7 nitrogen and oxygen atoms in total. The van der Waals surface area contributed by atoms with E-state index in [0.29, 0.717) is 16.3 Å². The number of nitrogens with zero attached hydrogens (tertiary/aromatic N) is 5. The molecule has 0 amide bonds. The molecule has 0 saturated heterocycles. The van der Waals surface area contributed by atoms with Crippen LogP contribution in [0.2, 0.25) is 0 Å². The molecule has 8 heteroatoms. The summed E-state index contributed by atoms with van der Waals surface area (Å²) in [5, 5.41) is 8.94. The number of aromatic nitrogens is 5. The van der Waals surface area contributed by atoms with Crippen LogP contribution in [0, 0.1) is 6.92 Å². The van der Waals surface area contributed by atoms with Crippen LogP contribution in [0.5, 0.6) is 0 Å². The number of rotatable bonds is 7. The quantitative estimate of drug-likeness (QED) is 0.413. The second kappa shape index (κ2) is 8.96. The zero-order valence-corrected chi connectivity index (χ0v) is 17.6. The molecular formula is C22H21N5O2S. The number of thiazole rings is 1. The second-order valence-electron chi connectivity index (χ2n) is 6.79. The fourth-order valence-electron chi connectivity index (χ4n) is 2.99. The van der Waals surface area contributed by atoms with Crippen molar-refractivity contribution in [1.29, 1.82) is 0 Å². The summed E-state index contributed by atoms with van der Waals surface area (Å²) >= 11 is 1.33. The van der Waals surface area contributed by atoms with Crippen LogP contribution in [0.25, 0.3) is 16.3 Å². The van der Waals surface area contributed by atoms with Crippen molar-refractivity contribution in [3.05, 3.63) is 76.8 Å². The van der Waals surface area contributed by atoms with Crippen LogP contribution in [-0.4, -0.2) is 30.9 Å². The lowest BCUT2D eigenvalue weighted by Gasteiger charge is -2.01. The number of esters is 1. The first kappa shape index (κ1) is 19.9. The van der Waals surface area contributed by atoms with E-state index in [2.05, 4.69) is 27.2 Å². The SMILES string of the molecule is CCCc1cc(-c2nc(C)c(C(=O)OCc3cn(-c4ccccc4)nn3)s2)ccn1. The molecule has 3 heterocycles. The Labute approximate surface area is 178 Å². The lowest BCUT2D eigenvalue weighted by atomic mass is 10.2. The third-order valence-corrected chi connectivity index (χ3v) is 5.65. The molecule has 0 unspecified atom stereocenters. The zero-order valence-electron chi connectivity index (χ0n) is 16.8. The molecule has 4 rings (SSSR count). The lowest BCUT2D eigenvalue weighted by molar-refractivity contribution is 0.0472. The summed E-state index contributed by atoms with van der Waals surface area (Å²) in [7, 11) is 0. The van der Waals surface area contributed by atoms with Gasteiger partial charge in [-0.3, -0.25) is 4.98 Å². The van der Waals surface area contributed by atoms with Gasteiger partial charge < -0.3 is 4.74 Å². The topological polar surface area (TPSA) is 82.8 Å². The Balaban J connectivity index is 1.44. The Morgan fingerprint density at radius 1 is 1.17 bits per heavy atom. The average Bonchev–Trinajstić information content (AvgIpc) is 3.40. The molecule has 4 aromatic rings. The van der Waals surface area contributed by atoms with E-state index < -0.39 is 5.97 Å². The van der Waals surface area contributed by atoms with E-state index in [1.165, 1.54) is 11.3 Å². The molecule has 0 aliphatic heterocycles. The number of carbonyl (C=O) groups excluding carboxylic acids is 1. The van der Waals surface area contributed by atoms with Crippen molar-refractivity contribution in [2.45, 2.75) is 33.3 Å². The molecule has 0 N–H and O–H groups in total. The van der Waals surface area contributed by atoms with Crippen LogP contribution in [-0.2, 0) is 17.8 Å². The van der Waals surface area contributed by atoms with Crippen molar-refractivity contribution in [3.8, 4) is 16.3 Å². The fourth-order valence-corrected chi connectivity index (χ4v) is 3.95. The Kier molecular flexibility index (Phi) is 5.94. The fraction of sp³-hybridized carbons (Fsp3) is 0.227. The molecule has 0 bridgehead atoms. The largest absolute Gasteiger partial charge is 0.455 e. The average molecular weight is 420 g/mol. The molecule has 0 radical (unpaired) electrons. The normalized spacial score (nSPS) is 10.9. The minimum absolute atomic E-state index is 0.0498. The maximum atomic E-state index is 12.6. The van der Waals surface area contributed by atoms with Crippen LogP contribution in [0.1, 0.15) is 40.1 Å². The summed E-state index contributed by atoms with van der Waals surface area (Å²) in [6.45, 7) is 3.99. The van der Waals surface area contributed by atoms with E-state index in [0.717, 1.165) is 34.8 Å². The first-order chi connectivity index (χ1) is 14.6. The summed E-state index contributed by atoms with van der Waals surface area (Å²) < 4.78 is 7.11. The smallest absolute Gasteiger partial charge is 0.350 e. The van der Waals surface area contributed by atoms with Crippen LogP contribution >= 0.6 is 11.3 Å². The van der Waals surface area contributed by atoms with Gasteiger partial charge in [-0.15, -0.1) is 16.4 Å². The molecule has 30 heavy (non-hydrogen) atoms. The second-order valence-corrected chi connectivity index (χ2v) is 7.78. The highest BCUT2D eigenvalue weighted by atomic mass is 32.1. The molecule has 0 fully saturated rings. The number of carbonyl (C=O) groups is 1. The van der Waals surface area contributed by atoms with E-state index in [1.807, 2.05) is 49.4 Å². The van der Waals surface area contributed by atoms with Crippen molar-refractivity contribution >= 4 is 17.3 Å². The molecule has 0 aliphatic carbocycles. The minimum atomic E-state index is -0.409. The van der Waals surface area contributed by atoms with Gasteiger partial charge in [0.1, 0.15) is 22.2 Å². The van der Waals surface area contributed by atoms with Crippen molar-refractivity contribution < 1.29 is 9.53 Å². The monoisotopic (exact) mass is 419 g/mol. The number of para-hydroxylation sites is 1. The van der Waals surface area contributed by atoms with Gasteiger partial charge in [-0.05, 0) is 37.6 Å². The summed E-state index contributed by atoms with van der Waals surface area (Å²) in [6, 6.07) is 13.6. The van der Waals surface area contributed by atoms with E-state index in [4.69, 9.17) is 4.74 Å². The Morgan fingerprint density at radius 2 is 2.00 bits per heavy atom. The summed E-state index contributed by atoms with van der Waals surface area (Å²) in [5.74, 6) is -0.409. The van der Waals surface area contributed by atoms with Crippen molar-refractivity contribution in [2.24, 2.45) is 0 Å². The number of benzene rings is 1. The molecular weight excluding hydrogens is 398 g/mol. The van der Waals surface area contributed by atoms with Crippen molar-refractivity contribution in [1.82, 2.24) is 25.0 Å². The van der Waals surface area contributed by atoms with Crippen LogP contribution in [0.15, 0.2) is 54.9 Å². The molecule has 152 valence electrons. The molecule has 3 aromatic heterocycles. The molecule has 0 saturated carbocycles. The number of pyridine rings is 1. The number of aryl methyl sites for hydroxylation is 2. The van der Waals surface area contributed by atoms with Gasteiger partial charge >= 0.3 is 5.97 Å². The molecule has 0 spiro atoms. The standard InChI is InChI=1S/C22H21N5O2S/c1-3-7-17-12-16(10-11-23-17)21-24-15(2)20(30-21)22(28)29-14-18-13-27(26-25-18)19-8-5-4-6-9-19/h4-6,8-13H,3,7,14H2,1-2H3. The highest BCUT2D eigenvalue weighted by Gasteiger charge is 2.18. The number of hydrogen-bond acceptors (Lipinski definition) is 7. The van der Waals surface area contributed by atoms with Gasteiger partial charge in [0.25, 0.3) is 0 Å². The van der Waals surface area contributed by atoms with Gasteiger partial charge in [-0.1, -0.05) is 36.8 Å². The van der Waals surface area contributed by atoms with Gasteiger partial charge in [0.2, 0.25) is 0 Å². The van der Waals surface area contributed by atoms with Crippen LogP contribution in [0.3, 0.4) is 0 Å². The highest BCUT2D eigenvalue weighted by molar-refractivity contribution is 7.17. The van der Waals surface area contributed by atoms with Gasteiger partial charge in [-0.2, -0.15) is 0 Å². The lowest BCUT2D eigenvalue weighted by Crippen LogP contribution is -2.05. The van der Waals surface area contributed by atoms with E-state index in [9.17, 15) is 4.79 Å². The number of hydrogen-bond donors (Lipinski definition) is 0. The molecule has 0 aliphatic rings. The maximum absolute atomic E-state index is 12.6. The van der Waals surface area contributed by atoms with Gasteiger partial charge in [-0.25, -0.2) is 14.5 Å². The van der Waals surface area contributed by atoms with Gasteiger partial charge in [0.15, 0.2) is 0 Å². The van der Waals surface area contributed by atoms with Crippen LogP contribution in [0.4, 0.5) is 0 Å². The summed E-state index contributed by atoms with van der Waals surface area (Å²) in [5.41, 5.74) is 4.11. The maximum Gasteiger partial charge on any atom is 0.350 e. The third kappa shape index (κ3) is 4.44. The molecule has 1 aromatic carbocycles. The van der Waals surface area contributed by atoms with E-state index in [-0.39, 0.29) is 6.61 Å². The molecule has 0 atom stereocenters. The van der Waals surface area contributed by atoms with Gasteiger partial charge in [0, 0.05) is 17.5 Å². The van der Waals surface area contributed by atoms with E-state index in [1.54, 1.807) is 17.1 Å². The first-order valence-corrected chi connectivity index (χ1v) is 10.5. The van der Waals surface area contributed by atoms with Gasteiger partial charge in [0.05, 0.1) is 17.6 Å². The first-order valence-electron chi connectivity index (χ1n) is 9.70. The predicted octanol–water partition coefficient (Wildman–Crippen LogP) is 4.40. The minimum Gasteiger partial charge on any atom is -0.455 e. The van der Waals surface area contributed by atoms with Crippen LogP contribution < -0.4 is 0 Å². The predicted molar refractivity (Wildman–Crippen MR) is 115 cm³/mol. The highest BCUT2D eigenvalue weighted by Crippen LogP contribution is 2.29. The van der Waals surface area contributed by atoms with E-state index >= 15 is 0 Å². The Morgan fingerprint density at radius 3 is 2.80 bits per heavy atom.